The normalized spacial score (nSPS) is 11.0. The van der Waals surface area contributed by atoms with Gasteiger partial charge in [-0.3, -0.25) is 9.67 Å². The van der Waals surface area contributed by atoms with Crippen LogP contribution in [0.25, 0.3) is 0 Å². The van der Waals surface area contributed by atoms with Crippen LogP contribution >= 0.6 is 0 Å². The van der Waals surface area contributed by atoms with Gasteiger partial charge >= 0.3 is 0 Å². The summed E-state index contributed by atoms with van der Waals surface area (Å²) >= 11 is 0. The lowest BCUT2D eigenvalue weighted by Crippen LogP contribution is -2.36. The maximum absolute atomic E-state index is 8.89. The Balaban J connectivity index is 1.88. The molecule has 21 heavy (non-hydrogen) atoms. The Kier molecular flexibility index (Phi) is 4.94. The van der Waals surface area contributed by atoms with Crippen LogP contribution in [-0.2, 0) is 20.1 Å². The second kappa shape index (κ2) is 7.10. The van der Waals surface area contributed by atoms with Gasteiger partial charge in [0.2, 0.25) is 0 Å². The fourth-order valence-electron chi connectivity index (χ4n) is 1.91. The predicted molar refractivity (Wildman–Crippen MR) is 81.4 cm³/mol. The van der Waals surface area contributed by atoms with Crippen molar-refractivity contribution in [1.82, 2.24) is 20.4 Å². The molecule has 0 atom stereocenters. The highest BCUT2D eigenvalue weighted by Gasteiger charge is 2.02. The van der Waals surface area contributed by atoms with Crippen molar-refractivity contribution >= 4 is 5.96 Å². The highest BCUT2D eigenvalue weighted by molar-refractivity contribution is 5.79. The summed E-state index contributed by atoms with van der Waals surface area (Å²) in [5.74, 6) is 0.707. The van der Waals surface area contributed by atoms with Crippen LogP contribution in [0.5, 0.6) is 0 Å². The first-order valence-corrected chi connectivity index (χ1v) is 6.63. The number of nitrogens with one attached hydrogen (secondary N) is 2. The third-order valence-electron chi connectivity index (χ3n) is 3.10. The van der Waals surface area contributed by atoms with Crippen molar-refractivity contribution in [2.75, 3.05) is 7.05 Å². The van der Waals surface area contributed by atoms with Crippen molar-refractivity contribution in [3.8, 4) is 6.07 Å². The minimum absolute atomic E-state index is 0.612. The van der Waals surface area contributed by atoms with Gasteiger partial charge in [0.05, 0.1) is 23.9 Å². The summed E-state index contributed by atoms with van der Waals surface area (Å²) < 4.78 is 1.82. The molecular weight excluding hydrogens is 264 g/mol. The maximum atomic E-state index is 8.89. The minimum atomic E-state index is 0.612. The summed E-state index contributed by atoms with van der Waals surface area (Å²) in [4.78, 5) is 4.17. The second-order valence-electron chi connectivity index (χ2n) is 4.54. The van der Waals surface area contributed by atoms with Gasteiger partial charge in [0.1, 0.15) is 0 Å². The quantitative estimate of drug-likeness (QED) is 0.651. The number of benzene rings is 1. The topological polar surface area (TPSA) is 78.0 Å². The Hall–Kier alpha value is -2.81. The van der Waals surface area contributed by atoms with Crippen molar-refractivity contribution in [2.24, 2.45) is 12.0 Å². The van der Waals surface area contributed by atoms with Crippen molar-refractivity contribution in [2.45, 2.75) is 13.1 Å². The van der Waals surface area contributed by atoms with Crippen molar-refractivity contribution in [3.63, 3.8) is 0 Å². The summed E-state index contributed by atoms with van der Waals surface area (Å²) in [6.07, 6.45) is 1.76. The number of aryl methyl sites for hydroxylation is 1. The molecule has 0 saturated carbocycles. The molecule has 1 aromatic heterocycles. The molecule has 6 heteroatoms. The predicted octanol–water partition coefficient (Wildman–Crippen LogP) is 1.16. The molecule has 2 rings (SSSR count). The Morgan fingerprint density at radius 1 is 1.33 bits per heavy atom. The Labute approximate surface area is 124 Å². The number of nitrogens with zero attached hydrogens (tertiary/aromatic N) is 4. The molecule has 1 aromatic carbocycles. The third-order valence-corrected chi connectivity index (χ3v) is 3.10. The van der Waals surface area contributed by atoms with Crippen LogP contribution < -0.4 is 10.6 Å². The zero-order chi connectivity index (χ0) is 15.1. The second-order valence-corrected chi connectivity index (χ2v) is 4.54. The molecule has 0 unspecified atom stereocenters. The van der Waals surface area contributed by atoms with Gasteiger partial charge in [-0.2, -0.15) is 10.4 Å². The van der Waals surface area contributed by atoms with E-state index in [1.807, 2.05) is 36.0 Å². The summed E-state index contributed by atoms with van der Waals surface area (Å²) in [5, 5.41) is 19.4. The van der Waals surface area contributed by atoms with Crippen LogP contribution in [0.1, 0.15) is 16.8 Å². The summed E-state index contributed by atoms with van der Waals surface area (Å²) in [5.41, 5.74) is 2.77. The number of hydrogen-bond acceptors (Lipinski definition) is 3. The molecule has 0 spiro atoms. The van der Waals surface area contributed by atoms with Gasteiger partial charge in [0.25, 0.3) is 0 Å². The molecule has 0 aliphatic heterocycles. The first-order chi connectivity index (χ1) is 10.2. The van der Waals surface area contributed by atoms with Crippen molar-refractivity contribution in [1.29, 1.82) is 5.26 Å². The van der Waals surface area contributed by atoms with E-state index in [1.54, 1.807) is 19.3 Å². The van der Waals surface area contributed by atoms with E-state index < -0.39 is 0 Å². The number of hydrogen-bond donors (Lipinski definition) is 2. The van der Waals surface area contributed by atoms with Gasteiger partial charge in [-0.05, 0) is 23.8 Å². The van der Waals surface area contributed by atoms with Crippen LogP contribution in [0.4, 0.5) is 0 Å². The smallest absolute Gasteiger partial charge is 0.191 e. The first kappa shape index (κ1) is 14.6. The van der Waals surface area contributed by atoms with E-state index in [0.717, 1.165) is 11.3 Å². The van der Waals surface area contributed by atoms with Gasteiger partial charge in [-0.1, -0.05) is 12.1 Å². The van der Waals surface area contributed by atoms with Crippen LogP contribution in [0.15, 0.2) is 41.5 Å². The number of aromatic nitrogens is 2. The highest BCUT2D eigenvalue weighted by atomic mass is 15.3. The van der Waals surface area contributed by atoms with Gasteiger partial charge < -0.3 is 10.6 Å². The lowest BCUT2D eigenvalue weighted by molar-refractivity contribution is 0.684. The number of nitriles is 1. The largest absolute Gasteiger partial charge is 0.352 e. The molecule has 0 aliphatic rings. The third kappa shape index (κ3) is 4.08. The Bertz CT molecular complexity index is 665. The molecule has 6 nitrogen and oxygen atoms in total. The van der Waals surface area contributed by atoms with E-state index in [9.17, 15) is 0 Å². The van der Waals surface area contributed by atoms with Crippen LogP contribution in [0, 0.1) is 11.3 Å². The van der Waals surface area contributed by atoms with Crippen molar-refractivity contribution < 1.29 is 0 Å². The van der Waals surface area contributed by atoms with E-state index in [2.05, 4.69) is 26.8 Å². The van der Waals surface area contributed by atoms with Crippen LogP contribution in [0.3, 0.4) is 0 Å². The minimum Gasteiger partial charge on any atom is -0.352 e. The fraction of sp³-hybridized carbons (Fsp3) is 0.267. The molecule has 0 bridgehead atoms. The summed E-state index contributed by atoms with van der Waals surface area (Å²) in [6.45, 7) is 1.26. The van der Waals surface area contributed by atoms with E-state index in [4.69, 9.17) is 5.26 Å². The Morgan fingerprint density at radius 3 is 2.81 bits per heavy atom. The standard InChI is InChI=1S/C15H18N6/c1-17-15(19-11-14-6-7-20-21(14)2)18-10-13-5-3-4-12(8-13)9-16/h3-8H,10-11H2,1-2H3,(H2,17,18,19). The molecule has 0 saturated heterocycles. The number of aliphatic imine (C=N–C) groups is 1. The van der Waals surface area contributed by atoms with Gasteiger partial charge in [-0.15, -0.1) is 0 Å². The lowest BCUT2D eigenvalue weighted by Gasteiger charge is -2.12. The molecule has 0 radical (unpaired) electrons. The number of rotatable bonds is 4. The summed E-state index contributed by atoms with van der Waals surface area (Å²) in [6, 6.07) is 11.6. The van der Waals surface area contributed by atoms with Crippen LogP contribution in [-0.4, -0.2) is 22.8 Å². The Morgan fingerprint density at radius 2 is 2.14 bits per heavy atom. The molecule has 0 aliphatic carbocycles. The van der Waals surface area contributed by atoms with E-state index in [1.165, 1.54) is 0 Å². The van der Waals surface area contributed by atoms with E-state index >= 15 is 0 Å². The molecule has 2 N–H and O–H groups in total. The fourth-order valence-corrected chi connectivity index (χ4v) is 1.91. The molecule has 2 aromatic rings. The van der Waals surface area contributed by atoms with Crippen LogP contribution in [0.2, 0.25) is 0 Å². The van der Waals surface area contributed by atoms with E-state index in [0.29, 0.717) is 24.6 Å². The first-order valence-electron chi connectivity index (χ1n) is 6.63. The highest BCUT2D eigenvalue weighted by Crippen LogP contribution is 2.03. The lowest BCUT2D eigenvalue weighted by atomic mass is 10.1. The van der Waals surface area contributed by atoms with Gasteiger partial charge in [0.15, 0.2) is 5.96 Å². The molecule has 108 valence electrons. The average Bonchev–Trinajstić information content (AvgIpc) is 2.93. The van der Waals surface area contributed by atoms with Gasteiger partial charge in [0, 0.05) is 26.8 Å². The maximum Gasteiger partial charge on any atom is 0.191 e. The van der Waals surface area contributed by atoms with Crippen molar-refractivity contribution in [3.05, 3.63) is 53.3 Å². The zero-order valence-corrected chi connectivity index (χ0v) is 12.2. The average molecular weight is 282 g/mol. The van der Waals surface area contributed by atoms with Gasteiger partial charge in [-0.25, -0.2) is 0 Å². The zero-order valence-electron chi connectivity index (χ0n) is 12.2. The molecule has 0 fully saturated rings. The monoisotopic (exact) mass is 282 g/mol. The SMILES string of the molecule is CN=C(NCc1cccc(C#N)c1)NCc1ccnn1C. The molecular formula is C15H18N6. The van der Waals surface area contributed by atoms with E-state index in [-0.39, 0.29) is 0 Å². The molecule has 0 amide bonds. The summed E-state index contributed by atoms with van der Waals surface area (Å²) in [7, 11) is 3.63. The molecule has 1 heterocycles. The number of guanidine groups is 1.